The average molecular weight is 305 g/mol. The molecule has 0 spiro atoms. The fraction of sp³-hybridized carbons (Fsp3) is 0.500. The average Bonchev–Trinajstić information content (AvgIpc) is 3.10. The van der Waals surface area contributed by atoms with Crippen molar-refractivity contribution in [3.63, 3.8) is 0 Å². The summed E-state index contributed by atoms with van der Waals surface area (Å²) in [6.45, 7) is 5.10. The highest BCUT2D eigenvalue weighted by Gasteiger charge is 2.32. The number of aromatic nitrogens is 4. The number of hydrogen-bond acceptors (Lipinski definition) is 6. The topological polar surface area (TPSA) is 79.2 Å². The first-order valence-corrected chi connectivity index (χ1v) is 7.67. The standard InChI is InChI=1S/C12H15N7OS/c1-8-15-16-12(21-8)17-5-10(6-17)19-7-9(4-14-19)18-3-2-13-11(18)20/h4,7,10H,2-3,5-6H2,1H3,(H,13,20). The minimum atomic E-state index is -0.0471. The van der Waals surface area contributed by atoms with Crippen molar-refractivity contribution in [1.82, 2.24) is 25.3 Å². The van der Waals surface area contributed by atoms with Gasteiger partial charge in [-0.3, -0.25) is 9.58 Å². The maximum absolute atomic E-state index is 11.6. The molecule has 9 heteroatoms. The van der Waals surface area contributed by atoms with Crippen LogP contribution in [0.2, 0.25) is 0 Å². The Kier molecular flexibility index (Phi) is 2.81. The summed E-state index contributed by atoms with van der Waals surface area (Å²) in [4.78, 5) is 15.5. The molecule has 2 saturated heterocycles. The summed E-state index contributed by atoms with van der Waals surface area (Å²) >= 11 is 1.61. The molecule has 0 unspecified atom stereocenters. The summed E-state index contributed by atoms with van der Waals surface area (Å²) in [6.07, 6.45) is 3.70. The second-order valence-corrected chi connectivity index (χ2v) is 6.38. The number of aryl methyl sites for hydroxylation is 1. The van der Waals surface area contributed by atoms with Crippen LogP contribution in [0.3, 0.4) is 0 Å². The van der Waals surface area contributed by atoms with E-state index in [9.17, 15) is 4.79 Å². The first kappa shape index (κ1) is 12.6. The molecule has 0 aromatic carbocycles. The van der Waals surface area contributed by atoms with Gasteiger partial charge in [0.05, 0.1) is 17.9 Å². The predicted molar refractivity (Wildman–Crippen MR) is 78.9 cm³/mol. The van der Waals surface area contributed by atoms with E-state index in [1.807, 2.05) is 17.8 Å². The van der Waals surface area contributed by atoms with Crippen molar-refractivity contribution in [3.05, 3.63) is 17.4 Å². The number of urea groups is 1. The fourth-order valence-corrected chi connectivity index (χ4v) is 3.28. The highest BCUT2D eigenvalue weighted by Crippen LogP contribution is 2.30. The van der Waals surface area contributed by atoms with Crippen LogP contribution in [0.5, 0.6) is 0 Å². The number of carbonyl (C=O) groups is 1. The van der Waals surface area contributed by atoms with Crippen LogP contribution in [-0.2, 0) is 0 Å². The quantitative estimate of drug-likeness (QED) is 0.900. The summed E-state index contributed by atoms with van der Waals surface area (Å²) in [5.41, 5.74) is 0.857. The van der Waals surface area contributed by atoms with Crippen LogP contribution in [0.1, 0.15) is 11.0 Å². The third-order valence-corrected chi connectivity index (χ3v) is 4.68. The number of hydrogen-bond donors (Lipinski definition) is 1. The third-order valence-electron chi connectivity index (χ3n) is 3.78. The van der Waals surface area contributed by atoms with Crippen LogP contribution >= 0.6 is 11.3 Å². The lowest BCUT2D eigenvalue weighted by Crippen LogP contribution is -2.48. The molecule has 4 heterocycles. The molecule has 0 bridgehead atoms. The van der Waals surface area contributed by atoms with Crippen molar-refractivity contribution < 1.29 is 4.79 Å². The van der Waals surface area contributed by atoms with E-state index in [-0.39, 0.29) is 6.03 Å². The normalized spacial score (nSPS) is 19.0. The molecule has 2 aromatic heterocycles. The van der Waals surface area contributed by atoms with Crippen LogP contribution in [0.4, 0.5) is 15.6 Å². The highest BCUT2D eigenvalue weighted by atomic mass is 32.1. The Balaban J connectivity index is 1.42. The number of carbonyl (C=O) groups excluding carboxylic acids is 1. The van der Waals surface area contributed by atoms with Crippen LogP contribution in [-0.4, -0.2) is 52.2 Å². The first-order chi connectivity index (χ1) is 10.2. The molecule has 2 aliphatic rings. The molecule has 0 radical (unpaired) electrons. The van der Waals surface area contributed by atoms with E-state index in [1.165, 1.54) is 0 Å². The lowest BCUT2D eigenvalue weighted by molar-refractivity contribution is 0.252. The summed E-state index contributed by atoms with van der Waals surface area (Å²) in [7, 11) is 0. The van der Waals surface area contributed by atoms with Gasteiger partial charge in [0, 0.05) is 32.4 Å². The van der Waals surface area contributed by atoms with Crippen molar-refractivity contribution in [2.24, 2.45) is 0 Å². The largest absolute Gasteiger partial charge is 0.342 e. The molecule has 2 aliphatic heterocycles. The summed E-state index contributed by atoms with van der Waals surface area (Å²) in [5, 5.41) is 17.3. The number of rotatable bonds is 3. The summed E-state index contributed by atoms with van der Waals surface area (Å²) in [6, 6.07) is 0.280. The zero-order valence-electron chi connectivity index (χ0n) is 11.6. The van der Waals surface area contributed by atoms with E-state index in [1.54, 1.807) is 22.4 Å². The summed E-state index contributed by atoms with van der Waals surface area (Å²) < 4.78 is 1.94. The van der Waals surface area contributed by atoms with Gasteiger partial charge in [-0.15, -0.1) is 10.2 Å². The molecule has 8 nitrogen and oxygen atoms in total. The van der Waals surface area contributed by atoms with Gasteiger partial charge in [-0.1, -0.05) is 11.3 Å². The minimum Gasteiger partial charge on any atom is -0.342 e. The minimum absolute atomic E-state index is 0.0471. The predicted octanol–water partition coefficient (Wildman–Crippen LogP) is 0.634. The van der Waals surface area contributed by atoms with Gasteiger partial charge >= 0.3 is 6.03 Å². The van der Waals surface area contributed by atoms with Crippen molar-refractivity contribution in [3.8, 4) is 0 Å². The molecule has 4 rings (SSSR count). The zero-order chi connectivity index (χ0) is 14.4. The second-order valence-electron chi connectivity index (χ2n) is 5.22. The lowest BCUT2D eigenvalue weighted by Gasteiger charge is -2.38. The van der Waals surface area contributed by atoms with Crippen LogP contribution < -0.4 is 15.1 Å². The van der Waals surface area contributed by atoms with Gasteiger partial charge in [0.25, 0.3) is 0 Å². The van der Waals surface area contributed by atoms with E-state index in [2.05, 4.69) is 25.5 Å². The number of amides is 2. The number of nitrogens with zero attached hydrogens (tertiary/aromatic N) is 6. The second kappa shape index (κ2) is 4.69. The Labute approximate surface area is 125 Å². The van der Waals surface area contributed by atoms with E-state index < -0.39 is 0 Å². The Bertz CT molecular complexity index is 675. The molecule has 0 atom stereocenters. The maximum atomic E-state index is 11.6. The van der Waals surface area contributed by atoms with Crippen molar-refractivity contribution in [2.75, 3.05) is 36.0 Å². The molecule has 2 aromatic rings. The smallest absolute Gasteiger partial charge is 0.322 e. The number of nitrogens with one attached hydrogen (secondary N) is 1. The third kappa shape index (κ3) is 2.13. The van der Waals surface area contributed by atoms with Gasteiger partial charge < -0.3 is 10.2 Å². The molecule has 1 N–H and O–H groups in total. The van der Waals surface area contributed by atoms with E-state index >= 15 is 0 Å². The molecule has 2 amide bonds. The Morgan fingerprint density at radius 2 is 2.24 bits per heavy atom. The van der Waals surface area contributed by atoms with E-state index in [0.717, 1.165) is 28.9 Å². The van der Waals surface area contributed by atoms with Crippen LogP contribution in [0.15, 0.2) is 12.4 Å². The molecular formula is C12H15N7OS. The highest BCUT2D eigenvalue weighted by molar-refractivity contribution is 7.15. The van der Waals surface area contributed by atoms with Crippen LogP contribution in [0.25, 0.3) is 0 Å². The monoisotopic (exact) mass is 305 g/mol. The fourth-order valence-electron chi connectivity index (χ4n) is 2.58. The molecule has 110 valence electrons. The summed E-state index contributed by atoms with van der Waals surface area (Å²) in [5.74, 6) is 0. The Morgan fingerprint density at radius 1 is 1.38 bits per heavy atom. The SMILES string of the molecule is Cc1nnc(N2CC(n3cc(N4CCNC4=O)cn3)C2)s1. The molecule has 21 heavy (non-hydrogen) atoms. The van der Waals surface area contributed by atoms with Gasteiger partial charge in [-0.25, -0.2) is 4.79 Å². The van der Waals surface area contributed by atoms with Gasteiger partial charge in [-0.05, 0) is 6.92 Å². The van der Waals surface area contributed by atoms with Crippen LogP contribution in [0, 0.1) is 6.92 Å². The van der Waals surface area contributed by atoms with E-state index in [0.29, 0.717) is 19.1 Å². The lowest BCUT2D eigenvalue weighted by atomic mass is 10.1. The first-order valence-electron chi connectivity index (χ1n) is 6.85. The molecule has 2 fully saturated rings. The van der Waals surface area contributed by atoms with Crippen molar-refractivity contribution >= 4 is 28.2 Å². The van der Waals surface area contributed by atoms with Gasteiger partial charge in [-0.2, -0.15) is 5.10 Å². The van der Waals surface area contributed by atoms with Gasteiger partial charge in [0.1, 0.15) is 5.01 Å². The molecular weight excluding hydrogens is 290 g/mol. The molecule has 0 saturated carbocycles. The van der Waals surface area contributed by atoms with E-state index in [4.69, 9.17) is 0 Å². The van der Waals surface area contributed by atoms with Gasteiger partial charge in [0.15, 0.2) is 0 Å². The van der Waals surface area contributed by atoms with Gasteiger partial charge in [0.2, 0.25) is 5.13 Å². The Morgan fingerprint density at radius 3 is 2.90 bits per heavy atom. The maximum Gasteiger partial charge on any atom is 0.322 e. The zero-order valence-corrected chi connectivity index (χ0v) is 12.4. The van der Waals surface area contributed by atoms with Crippen molar-refractivity contribution in [2.45, 2.75) is 13.0 Å². The molecule has 0 aliphatic carbocycles. The number of anilines is 2. The van der Waals surface area contributed by atoms with Crippen molar-refractivity contribution in [1.29, 1.82) is 0 Å². The Hall–Kier alpha value is -2.16.